The van der Waals surface area contributed by atoms with Gasteiger partial charge in [0.05, 0.1) is 16.2 Å². The van der Waals surface area contributed by atoms with Gasteiger partial charge in [0, 0.05) is 11.9 Å². The van der Waals surface area contributed by atoms with Crippen LogP contribution in [0.2, 0.25) is 0 Å². The van der Waals surface area contributed by atoms with E-state index in [1.807, 2.05) is 0 Å². The number of nitrogens with zero attached hydrogens (tertiary/aromatic N) is 2. The van der Waals surface area contributed by atoms with Crippen molar-refractivity contribution in [2.75, 3.05) is 24.6 Å². The molecule has 3 rings (SSSR count). The summed E-state index contributed by atoms with van der Waals surface area (Å²) in [6.07, 6.45) is -2.30. The number of hydrogen-bond donors (Lipinski definition) is 2. The Morgan fingerprint density at radius 3 is 2.81 bits per heavy atom. The van der Waals surface area contributed by atoms with E-state index in [-0.39, 0.29) is 11.4 Å². The van der Waals surface area contributed by atoms with Gasteiger partial charge in [-0.1, -0.05) is 0 Å². The molecule has 2 aromatic rings. The van der Waals surface area contributed by atoms with E-state index in [2.05, 4.69) is 15.3 Å². The van der Waals surface area contributed by atoms with Crippen molar-refractivity contribution in [1.82, 2.24) is 15.3 Å². The van der Waals surface area contributed by atoms with Crippen molar-refractivity contribution < 1.29 is 18.0 Å². The van der Waals surface area contributed by atoms with Gasteiger partial charge in [0.15, 0.2) is 0 Å². The Kier molecular flexibility index (Phi) is 5.47. The molecule has 1 unspecified atom stereocenters. The monoisotopic (exact) mass is 382 g/mol. The number of nitrogens with one attached hydrogen (secondary N) is 1. The van der Waals surface area contributed by atoms with Gasteiger partial charge in [-0.3, -0.25) is 4.79 Å². The highest BCUT2D eigenvalue weighted by atomic mass is 32.2. The Bertz CT molecular complexity index is 807. The van der Waals surface area contributed by atoms with Crippen molar-refractivity contribution >= 4 is 23.4 Å². The van der Waals surface area contributed by atoms with E-state index in [4.69, 9.17) is 5.73 Å². The number of anilines is 1. The quantitative estimate of drug-likeness (QED) is 0.611. The van der Waals surface area contributed by atoms with Crippen LogP contribution in [0.3, 0.4) is 0 Å². The lowest BCUT2D eigenvalue weighted by molar-refractivity contribution is -0.138. The minimum Gasteiger partial charge on any atom is -0.383 e. The minimum absolute atomic E-state index is 0.0901. The lowest BCUT2D eigenvalue weighted by Gasteiger charge is -2.14. The zero-order valence-electron chi connectivity index (χ0n) is 13.7. The highest BCUT2D eigenvalue weighted by molar-refractivity contribution is 7.99. The molecule has 9 heteroatoms. The van der Waals surface area contributed by atoms with Crippen molar-refractivity contribution in [3.05, 3.63) is 47.3 Å². The summed E-state index contributed by atoms with van der Waals surface area (Å²) in [5.74, 6) is 0.168. The Labute approximate surface area is 152 Å². The Balaban J connectivity index is 1.93. The van der Waals surface area contributed by atoms with Crippen LogP contribution in [-0.2, 0) is 6.18 Å². The van der Waals surface area contributed by atoms with E-state index in [9.17, 15) is 18.0 Å². The molecular weight excluding hydrogens is 365 g/mol. The van der Waals surface area contributed by atoms with Crippen LogP contribution < -0.4 is 11.1 Å². The van der Waals surface area contributed by atoms with Gasteiger partial charge in [0.2, 0.25) is 5.78 Å². The summed E-state index contributed by atoms with van der Waals surface area (Å²) in [6, 6.07) is 5.00. The van der Waals surface area contributed by atoms with Gasteiger partial charge in [0.25, 0.3) is 0 Å². The molecule has 0 aliphatic carbocycles. The third kappa shape index (κ3) is 4.16. The third-order valence-corrected chi connectivity index (χ3v) is 5.26. The maximum atomic E-state index is 13.3. The van der Waals surface area contributed by atoms with Gasteiger partial charge in [-0.2, -0.15) is 13.2 Å². The summed E-state index contributed by atoms with van der Waals surface area (Å²) in [5, 5.41) is 3.62. The first-order valence-electron chi connectivity index (χ1n) is 8.03. The first-order chi connectivity index (χ1) is 12.4. The van der Waals surface area contributed by atoms with Gasteiger partial charge in [0.1, 0.15) is 11.5 Å². The number of nitrogen functional groups attached to an aromatic ring is 1. The molecule has 5 nitrogen and oxygen atoms in total. The van der Waals surface area contributed by atoms with Crippen molar-refractivity contribution in [3.63, 3.8) is 0 Å². The number of carbonyl (C=O) groups excluding carboxylic acids is 1. The maximum Gasteiger partial charge on any atom is 0.418 e. The standard InChI is InChI=1S/C17H17F3N4OS/c18-17(19,20)12-3-4-13(26-9-10-5-7-22-8-10)24-14(12)15(25)11-2-1-6-23-16(11)21/h1-4,6,10,22H,5,7-9H2,(H2,21,23). The van der Waals surface area contributed by atoms with Crippen LogP contribution in [0.25, 0.3) is 0 Å². The fourth-order valence-electron chi connectivity index (χ4n) is 2.72. The molecule has 0 spiro atoms. The van der Waals surface area contributed by atoms with E-state index in [1.165, 1.54) is 36.2 Å². The predicted molar refractivity (Wildman–Crippen MR) is 93.0 cm³/mol. The molecule has 1 aliphatic heterocycles. The number of halogens is 3. The zero-order chi connectivity index (χ0) is 18.7. The van der Waals surface area contributed by atoms with E-state index in [0.717, 1.165) is 31.3 Å². The number of rotatable bonds is 5. The first kappa shape index (κ1) is 18.7. The molecule has 26 heavy (non-hydrogen) atoms. The fraction of sp³-hybridized carbons (Fsp3) is 0.353. The van der Waals surface area contributed by atoms with Crippen molar-refractivity contribution in [2.24, 2.45) is 5.92 Å². The molecule has 0 saturated carbocycles. The first-order valence-corrected chi connectivity index (χ1v) is 9.02. The lowest BCUT2D eigenvalue weighted by atomic mass is 10.0. The smallest absolute Gasteiger partial charge is 0.383 e. The average molecular weight is 382 g/mol. The van der Waals surface area contributed by atoms with Crippen LogP contribution in [0.15, 0.2) is 35.5 Å². The Morgan fingerprint density at radius 2 is 2.15 bits per heavy atom. The van der Waals surface area contributed by atoms with Crippen LogP contribution in [0.4, 0.5) is 19.0 Å². The van der Waals surface area contributed by atoms with Gasteiger partial charge >= 0.3 is 6.18 Å². The molecule has 0 aromatic carbocycles. The molecule has 0 amide bonds. The maximum absolute atomic E-state index is 13.3. The molecule has 1 aliphatic rings. The summed E-state index contributed by atoms with van der Waals surface area (Å²) in [7, 11) is 0. The van der Waals surface area contributed by atoms with Crippen LogP contribution in [0.5, 0.6) is 0 Å². The number of carbonyl (C=O) groups is 1. The fourth-order valence-corrected chi connectivity index (χ4v) is 3.73. The topological polar surface area (TPSA) is 80.9 Å². The molecule has 3 N–H and O–H groups in total. The summed E-state index contributed by atoms with van der Waals surface area (Å²) in [4.78, 5) is 20.4. The lowest BCUT2D eigenvalue weighted by Crippen LogP contribution is -2.17. The van der Waals surface area contributed by atoms with Crippen LogP contribution in [-0.4, -0.2) is 34.6 Å². The number of alkyl halides is 3. The van der Waals surface area contributed by atoms with Gasteiger partial charge in [-0.15, -0.1) is 11.8 Å². The Hall–Kier alpha value is -2.13. The van der Waals surface area contributed by atoms with Crippen LogP contribution in [0, 0.1) is 5.92 Å². The summed E-state index contributed by atoms with van der Waals surface area (Å²) < 4.78 is 40.0. The van der Waals surface area contributed by atoms with E-state index < -0.39 is 23.2 Å². The second-order valence-electron chi connectivity index (χ2n) is 5.98. The van der Waals surface area contributed by atoms with Crippen molar-refractivity contribution in [2.45, 2.75) is 17.6 Å². The van der Waals surface area contributed by atoms with Gasteiger partial charge < -0.3 is 11.1 Å². The minimum atomic E-state index is -4.69. The number of nitrogens with two attached hydrogens (primary N) is 1. The number of thioether (sulfide) groups is 1. The normalized spacial score (nSPS) is 17.4. The predicted octanol–water partition coefficient (Wildman–Crippen LogP) is 3.01. The second kappa shape index (κ2) is 7.63. The molecule has 1 atom stereocenters. The molecule has 138 valence electrons. The molecule has 0 radical (unpaired) electrons. The highest BCUT2D eigenvalue weighted by Gasteiger charge is 2.37. The Morgan fingerprint density at radius 1 is 1.35 bits per heavy atom. The van der Waals surface area contributed by atoms with Gasteiger partial charge in [-0.25, -0.2) is 9.97 Å². The van der Waals surface area contributed by atoms with Gasteiger partial charge in [-0.05, 0) is 49.7 Å². The third-order valence-electron chi connectivity index (χ3n) is 4.10. The number of pyridine rings is 2. The van der Waals surface area contributed by atoms with E-state index in [0.29, 0.717) is 10.9 Å². The average Bonchev–Trinajstić information content (AvgIpc) is 3.12. The SMILES string of the molecule is Nc1ncccc1C(=O)c1nc(SCC2CCNC2)ccc1C(F)(F)F. The van der Waals surface area contributed by atoms with Crippen molar-refractivity contribution in [3.8, 4) is 0 Å². The zero-order valence-corrected chi connectivity index (χ0v) is 14.5. The van der Waals surface area contributed by atoms with Crippen molar-refractivity contribution in [1.29, 1.82) is 0 Å². The highest BCUT2D eigenvalue weighted by Crippen LogP contribution is 2.34. The molecule has 0 bridgehead atoms. The molecule has 3 heterocycles. The number of aromatic nitrogens is 2. The van der Waals surface area contributed by atoms with Crippen LogP contribution >= 0.6 is 11.8 Å². The number of hydrogen-bond acceptors (Lipinski definition) is 6. The molecule has 2 aromatic heterocycles. The molecule has 1 saturated heterocycles. The van der Waals surface area contributed by atoms with E-state index >= 15 is 0 Å². The van der Waals surface area contributed by atoms with Crippen LogP contribution in [0.1, 0.15) is 28.0 Å². The number of ketones is 1. The summed E-state index contributed by atoms with van der Waals surface area (Å²) in [5.41, 5.74) is 3.84. The molecule has 1 fully saturated rings. The molecular formula is C17H17F3N4OS. The summed E-state index contributed by atoms with van der Waals surface area (Å²) in [6.45, 7) is 1.82. The second-order valence-corrected chi connectivity index (χ2v) is 7.02. The largest absolute Gasteiger partial charge is 0.418 e. The summed E-state index contributed by atoms with van der Waals surface area (Å²) >= 11 is 1.35. The van der Waals surface area contributed by atoms with E-state index in [1.54, 1.807) is 0 Å².